The van der Waals surface area contributed by atoms with Gasteiger partial charge in [-0.3, -0.25) is 0 Å². The molecule has 2 N–H and O–H groups in total. The summed E-state index contributed by atoms with van der Waals surface area (Å²) in [6.07, 6.45) is 0.785. The molecule has 0 amide bonds. The van der Waals surface area contributed by atoms with E-state index in [1.54, 1.807) is 26.2 Å². The topological polar surface area (TPSA) is 72.6 Å². The summed E-state index contributed by atoms with van der Waals surface area (Å²) in [6.45, 7) is 4.90. The van der Waals surface area contributed by atoms with Crippen LogP contribution in [0.1, 0.15) is 19.4 Å². The number of nitrogens with two attached hydrogens (primary N) is 1. The second-order valence-corrected chi connectivity index (χ2v) is 6.14. The van der Waals surface area contributed by atoms with E-state index in [1.165, 1.54) is 10.4 Å². The molecular formula is C13H22N2O3S. The number of nitrogen functional groups attached to an aromatic ring is 1. The van der Waals surface area contributed by atoms with Crippen LogP contribution in [0.25, 0.3) is 0 Å². The monoisotopic (exact) mass is 286 g/mol. The number of hydrogen-bond donors (Lipinski definition) is 1. The van der Waals surface area contributed by atoms with Gasteiger partial charge in [-0.15, -0.1) is 0 Å². The summed E-state index contributed by atoms with van der Waals surface area (Å²) in [7, 11) is -1.95. The second-order valence-electron chi connectivity index (χ2n) is 4.20. The van der Waals surface area contributed by atoms with Gasteiger partial charge in [-0.2, -0.15) is 4.31 Å². The number of rotatable bonds is 7. The highest BCUT2D eigenvalue weighted by atomic mass is 32.2. The third kappa shape index (κ3) is 3.68. The van der Waals surface area contributed by atoms with Gasteiger partial charge in [0.2, 0.25) is 10.0 Å². The highest BCUT2D eigenvalue weighted by molar-refractivity contribution is 7.89. The smallest absolute Gasteiger partial charge is 0.243 e. The maximum absolute atomic E-state index is 12.4. The van der Waals surface area contributed by atoms with Crippen molar-refractivity contribution in [2.45, 2.75) is 25.2 Å². The molecule has 0 fully saturated rings. The zero-order valence-corrected chi connectivity index (χ0v) is 12.5. The first-order chi connectivity index (χ1) is 8.97. The van der Waals surface area contributed by atoms with E-state index in [4.69, 9.17) is 10.5 Å². The molecule has 0 heterocycles. The number of hydrogen-bond acceptors (Lipinski definition) is 4. The summed E-state index contributed by atoms with van der Waals surface area (Å²) >= 11 is 0. The molecule has 0 aliphatic carbocycles. The molecule has 0 saturated heterocycles. The molecule has 0 aromatic heterocycles. The second kappa shape index (κ2) is 6.88. The van der Waals surface area contributed by atoms with Crippen molar-refractivity contribution < 1.29 is 13.2 Å². The minimum atomic E-state index is -3.50. The third-order valence-corrected chi connectivity index (χ3v) is 5.00. The number of likely N-dealkylation sites (N-methyl/N-ethyl adjacent to an activating group) is 1. The molecule has 0 radical (unpaired) electrons. The Morgan fingerprint density at radius 2 is 2.00 bits per heavy atom. The van der Waals surface area contributed by atoms with Gasteiger partial charge in [-0.1, -0.05) is 19.9 Å². The van der Waals surface area contributed by atoms with Crippen LogP contribution in [0.3, 0.4) is 0 Å². The highest BCUT2D eigenvalue weighted by Crippen LogP contribution is 2.21. The van der Waals surface area contributed by atoms with Crippen LogP contribution in [0.2, 0.25) is 0 Å². The number of anilines is 1. The average molecular weight is 286 g/mol. The van der Waals surface area contributed by atoms with Crippen LogP contribution in [0, 0.1) is 0 Å². The highest BCUT2D eigenvalue weighted by Gasteiger charge is 2.23. The van der Waals surface area contributed by atoms with E-state index in [-0.39, 0.29) is 4.90 Å². The van der Waals surface area contributed by atoms with Gasteiger partial charge < -0.3 is 10.5 Å². The number of methoxy groups -OCH3 is 1. The standard InChI is InChI=1S/C13H22N2O3S/c1-4-11-6-7-12(10-13(11)14)19(16,17)15(5-2)8-9-18-3/h6-7,10H,4-5,8-9,14H2,1-3H3. The Morgan fingerprint density at radius 3 is 2.47 bits per heavy atom. The van der Waals surface area contributed by atoms with Gasteiger partial charge in [-0.25, -0.2) is 8.42 Å². The third-order valence-electron chi connectivity index (χ3n) is 3.03. The molecular weight excluding hydrogens is 264 g/mol. The minimum absolute atomic E-state index is 0.236. The minimum Gasteiger partial charge on any atom is -0.398 e. The Kier molecular flexibility index (Phi) is 5.78. The molecule has 0 aliphatic heterocycles. The molecule has 1 aromatic carbocycles. The molecule has 108 valence electrons. The van der Waals surface area contributed by atoms with Gasteiger partial charge in [0.05, 0.1) is 11.5 Å². The van der Waals surface area contributed by atoms with Crippen molar-refractivity contribution >= 4 is 15.7 Å². The molecule has 0 aliphatic rings. The largest absolute Gasteiger partial charge is 0.398 e. The van der Waals surface area contributed by atoms with Gasteiger partial charge in [-0.05, 0) is 24.1 Å². The number of ether oxygens (including phenoxy) is 1. The van der Waals surface area contributed by atoms with Crippen LogP contribution in [-0.4, -0.2) is 39.5 Å². The fourth-order valence-electron chi connectivity index (χ4n) is 1.85. The maximum Gasteiger partial charge on any atom is 0.243 e. The van der Waals surface area contributed by atoms with E-state index in [1.807, 2.05) is 6.92 Å². The molecule has 19 heavy (non-hydrogen) atoms. The Hall–Kier alpha value is -1.11. The van der Waals surface area contributed by atoms with E-state index in [0.29, 0.717) is 25.4 Å². The number of benzene rings is 1. The Labute approximate surface area is 115 Å². The van der Waals surface area contributed by atoms with E-state index in [9.17, 15) is 8.42 Å². The summed E-state index contributed by atoms with van der Waals surface area (Å²) < 4.78 is 31.2. The van der Waals surface area contributed by atoms with Crippen molar-refractivity contribution in [3.05, 3.63) is 23.8 Å². The lowest BCUT2D eigenvalue weighted by Gasteiger charge is -2.20. The molecule has 0 atom stereocenters. The maximum atomic E-state index is 12.4. The van der Waals surface area contributed by atoms with Crippen LogP contribution in [0.4, 0.5) is 5.69 Å². The van der Waals surface area contributed by atoms with E-state index in [2.05, 4.69) is 0 Å². The van der Waals surface area contributed by atoms with Crippen molar-refractivity contribution in [3.63, 3.8) is 0 Å². The Morgan fingerprint density at radius 1 is 1.32 bits per heavy atom. The molecule has 0 spiro atoms. The van der Waals surface area contributed by atoms with E-state index in [0.717, 1.165) is 12.0 Å². The van der Waals surface area contributed by atoms with Crippen molar-refractivity contribution in [2.75, 3.05) is 32.5 Å². The fraction of sp³-hybridized carbons (Fsp3) is 0.538. The van der Waals surface area contributed by atoms with Crippen LogP contribution in [0.15, 0.2) is 23.1 Å². The van der Waals surface area contributed by atoms with Gasteiger partial charge in [0.15, 0.2) is 0 Å². The molecule has 0 saturated carbocycles. The summed E-state index contributed by atoms with van der Waals surface area (Å²) in [5.74, 6) is 0. The molecule has 1 aromatic rings. The molecule has 1 rings (SSSR count). The van der Waals surface area contributed by atoms with Crippen molar-refractivity contribution in [2.24, 2.45) is 0 Å². The molecule has 5 nitrogen and oxygen atoms in total. The van der Waals surface area contributed by atoms with Crippen molar-refractivity contribution in [1.82, 2.24) is 4.31 Å². The van der Waals surface area contributed by atoms with Crippen molar-refractivity contribution in [1.29, 1.82) is 0 Å². The zero-order valence-electron chi connectivity index (χ0n) is 11.7. The average Bonchev–Trinajstić information content (AvgIpc) is 2.39. The lowest BCUT2D eigenvalue weighted by Crippen LogP contribution is -2.33. The normalized spacial score (nSPS) is 12.0. The van der Waals surface area contributed by atoms with Gasteiger partial charge in [0.1, 0.15) is 0 Å². The van der Waals surface area contributed by atoms with Crippen LogP contribution < -0.4 is 5.73 Å². The first kappa shape index (κ1) is 15.9. The van der Waals surface area contributed by atoms with Crippen LogP contribution >= 0.6 is 0 Å². The Balaban J connectivity index is 3.07. The summed E-state index contributed by atoms with van der Waals surface area (Å²) in [5, 5.41) is 0. The van der Waals surface area contributed by atoms with Gasteiger partial charge >= 0.3 is 0 Å². The van der Waals surface area contributed by atoms with Gasteiger partial charge in [0.25, 0.3) is 0 Å². The Bertz CT molecular complexity index is 515. The van der Waals surface area contributed by atoms with Crippen LogP contribution in [-0.2, 0) is 21.2 Å². The van der Waals surface area contributed by atoms with E-state index < -0.39 is 10.0 Å². The lowest BCUT2D eigenvalue weighted by atomic mass is 10.1. The quantitative estimate of drug-likeness (QED) is 0.771. The molecule has 0 bridgehead atoms. The first-order valence-corrected chi connectivity index (χ1v) is 7.78. The summed E-state index contributed by atoms with van der Waals surface area (Å²) in [5.41, 5.74) is 7.34. The van der Waals surface area contributed by atoms with Crippen LogP contribution in [0.5, 0.6) is 0 Å². The van der Waals surface area contributed by atoms with Gasteiger partial charge in [0, 0.05) is 25.9 Å². The SMILES string of the molecule is CCc1ccc(S(=O)(=O)N(CC)CCOC)cc1N. The lowest BCUT2D eigenvalue weighted by molar-refractivity contribution is 0.180. The zero-order chi connectivity index (χ0) is 14.5. The number of aryl methyl sites for hydroxylation is 1. The summed E-state index contributed by atoms with van der Waals surface area (Å²) in [6, 6.07) is 4.91. The predicted octanol–water partition coefficient (Wildman–Crippen LogP) is 1.49. The first-order valence-electron chi connectivity index (χ1n) is 6.34. The molecule has 0 unspecified atom stereocenters. The van der Waals surface area contributed by atoms with E-state index >= 15 is 0 Å². The molecule has 6 heteroatoms. The van der Waals surface area contributed by atoms with Crippen molar-refractivity contribution in [3.8, 4) is 0 Å². The summed E-state index contributed by atoms with van der Waals surface area (Å²) in [4.78, 5) is 0.236. The predicted molar refractivity (Wildman–Crippen MR) is 76.5 cm³/mol. The fourth-order valence-corrected chi connectivity index (χ4v) is 3.31. The number of nitrogens with zero attached hydrogens (tertiary/aromatic N) is 1. The number of sulfonamides is 1.